The topological polar surface area (TPSA) is 18.5 Å². The maximum atomic E-state index is 12.0. The molecule has 6 heteroatoms. The van der Waals surface area contributed by atoms with E-state index >= 15 is 0 Å². The molecule has 2 nitrogen and oxygen atoms in total. The van der Waals surface area contributed by atoms with Gasteiger partial charge in [0.05, 0.1) is 6.10 Å². The molecule has 2 atom stereocenters. The quantitative estimate of drug-likeness (QED) is 0.550. The minimum absolute atomic E-state index is 0.0960. The molecule has 0 spiro atoms. The van der Waals surface area contributed by atoms with Gasteiger partial charge >= 0.3 is 6.18 Å². The van der Waals surface area contributed by atoms with Crippen LogP contribution in [0.4, 0.5) is 13.2 Å². The third-order valence-corrected chi connectivity index (χ3v) is 4.36. The number of rotatable bonds is 6. The summed E-state index contributed by atoms with van der Waals surface area (Å²) in [6.07, 6.45) is -0.472. The van der Waals surface area contributed by atoms with Gasteiger partial charge in [0.2, 0.25) is 0 Å². The van der Waals surface area contributed by atoms with Crippen molar-refractivity contribution in [2.75, 3.05) is 25.7 Å². The first-order valence-corrected chi connectivity index (χ1v) is 6.82. The molecule has 0 aromatic heterocycles. The van der Waals surface area contributed by atoms with Crippen molar-refractivity contribution in [1.82, 2.24) is 0 Å². The minimum Gasteiger partial charge on any atom is -0.377 e. The van der Waals surface area contributed by atoms with Crippen LogP contribution in [0.1, 0.15) is 25.7 Å². The predicted molar refractivity (Wildman–Crippen MR) is 61.7 cm³/mol. The van der Waals surface area contributed by atoms with Crippen LogP contribution in [0.3, 0.4) is 0 Å². The van der Waals surface area contributed by atoms with Crippen molar-refractivity contribution in [3.8, 4) is 0 Å². The van der Waals surface area contributed by atoms with Gasteiger partial charge in [-0.05, 0) is 31.6 Å². The summed E-state index contributed by atoms with van der Waals surface area (Å²) in [5.41, 5.74) is -0.186. The van der Waals surface area contributed by atoms with Crippen LogP contribution in [0.15, 0.2) is 0 Å². The van der Waals surface area contributed by atoms with Crippen molar-refractivity contribution in [3.05, 3.63) is 0 Å². The fraction of sp³-hybridized carbons (Fsp3) is 1.00. The smallest absolute Gasteiger partial charge is 0.377 e. The van der Waals surface area contributed by atoms with Gasteiger partial charge in [0.25, 0.3) is 0 Å². The number of ether oxygens (including phenoxy) is 2. The Morgan fingerprint density at radius 3 is 2.61 bits per heavy atom. The van der Waals surface area contributed by atoms with E-state index in [-0.39, 0.29) is 18.1 Å². The van der Waals surface area contributed by atoms with Gasteiger partial charge in [-0.3, -0.25) is 0 Å². The van der Waals surface area contributed by atoms with Crippen LogP contribution in [0.2, 0.25) is 0 Å². The molecule has 1 saturated heterocycles. The van der Waals surface area contributed by atoms with Crippen LogP contribution < -0.4 is 0 Å². The summed E-state index contributed by atoms with van der Waals surface area (Å²) < 4.78 is 46.3. The maximum Gasteiger partial charge on any atom is 0.411 e. The summed E-state index contributed by atoms with van der Waals surface area (Å²) in [5.74, 6) is 0.984. The minimum atomic E-state index is -4.25. The molecule has 0 amide bonds. The van der Waals surface area contributed by atoms with E-state index in [1.165, 1.54) is 0 Å². The molecule has 2 aliphatic rings. The van der Waals surface area contributed by atoms with E-state index in [1.54, 1.807) is 0 Å². The van der Waals surface area contributed by atoms with Crippen molar-refractivity contribution < 1.29 is 22.6 Å². The third-order valence-electron chi connectivity index (χ3n) is 3.83. The second-order valence-corrected chi connectivity index (χ2v) is 5.56. The van der Waals surface area contributed by atoms with Crippen LogP contribution in [0.5, 0.6) is 0 Å². The first kappa shape index (κ1) is 14.4. The Balaban J connectivity index is 1.80. The summed E-state index contributed by atoms with van der Waals surface area (Å²) in [4.78, 5) is 0. The number of hydrogen-bond donors (Lipinski definition) is 0. The Morgan fingerprint density at radius 2 is 2.06 bits per heavy atom. The molecule has 18 heavy (non-hydrogen) atoms. The summed E-state index contributed by atoms with van der Waals surface area (Å²) in [6.45, 7) is -0.424. The van der Waals surface area contributed by atoms with E-state index in [9.17, 15) is 13.2 Å². The number of hydrogen-bond acceptors (Lipinski definition) is 2. The van der Waals surface area contributed by atoms with E-state index in [2.05, 4.69) is 0 Å². The molecule has 1 saturated carbocycles. The lowest BCUT2D eigenvalue weighted by Gasteiger charge is -2.32. The highest BCUT2D eigenvalue weighted by molar-refractivity contribution is 6.18. The van der Waals surface area contributed by atoms with E-state index in [1.807, 2.05) is 0 Å². The largest absolute Gasteiger partial charge is 0.411 e. The van der Waals surface area contributed by atoms with Gasteiger partial charge < -0.3 is 9.47 Å². The van der Waals surface area contributed by atoms with Gasteiger partial charge in [-0.15, -0.1) is 11.6 Å². The molecular formula is C12H18ClF3O2. The van der Waals surface area contributed by atoms with Gasteiger partial charge in [0, 0.05) is 24.5 Å². The van der Waals surface area contributed by atoms with E-state index < -0.39 is 12.8 Å². The number of alkyl halides is 4. The van der Waals surface area contributed by atoms with Crippen molar-refractivity contribution in [1.29, 1.82) is 0 Å². The molecular weight excluding hydrogens is 269 g/mol. The molecule has 2 fully saturated rings. The summed E-state index contributed by atoms with van der Waals surface area (Å²) >= 11 is 6.04. The van der Waals surface area contributed by atoms with Gasteiger partial charge in [-0.25, -0.2) is 0 Å². The third kappa shape index (κ3) is 3.52. The highest BCUT2D eigenvalue weighted by Crippen LogP contribution is 2.50. The second kappa shape index (κ2) is 5.55. The van der Waals surface area contributed by atoms with Crippen molar-refractivity contribution in [2.24, 2.45) is 11.3 Å². The average Bonchev–Trinajstić information content (AvgIpc) is 3.05. The Bertz CT molecular complexity index is 281. The van der Waals surface area contributed by atoms with Crippen LogP contribution in [0.25, 0.3) is 0 Å². The molecule has 0 N–H and O–H groups in total. The zero-order valence-corrected chi connectivity index (χ0v) is 10.9. The molecule has 106 valence electrons. The highest BCUT2D eigenvalue weighted by Gasteiger charge is 2.50. The van der Waals surface area contributed by atoms with Gasteiger partial charge in [-0.1, -0.05) is 0 Å². The SMILES string of the molecule is FC(F)(F)COCCC1(CCl)CCOC1C1CC1. The van der Waals surface area contributed by atoms with Crippen molar-refractivity contribution in [2.45, 2.75) is 38.0 Å². The van der Waals surface area contributed by atoms with Crippen LogP contribution in [-0.2, 0) is 9.47 Å². The predicted octanol–water partition coefficient (Wildman–Crippen LogP) is 3.38. The van der Waals surface area contributed by atoms with Gasteiger partial charge in [-0.2, -0.15) is 13.2 Å². The zero-order chi connectivity index (χ0) is 13.2. The van der Waals surface area contributed by atoms with Crippen molar-refractivity contribution >= 4 is 11.6 Å². The Morgan fingerprint density at radius 1 is 1.33 bits per heavy atom. The zero-order valence-electron chi connectivity index (χ0n) is 10.1. The Kier molecular flexibility index (Phi) is 4.44. The Hall–Kier alpha value is -0.0000000000000000208. The highest BCUT2D eigenvalue weighted by atomic mass is 35.5. The van der Waals surface area contributed by atoms with E-state index in [0.717, 1.165) is 19.3 Å². The maximum absolute atomic E-state index is 12.0. The molecule has 2 unspecified atom stereocenters. The summed E-state index contributed by atoms with van der Waals surface area (Å²) in [6, 6.07) is 0. The fourth-order valence-corrected chi connectivity index (χ4v) is 3.10. The second-order valence-electron chi connectivity index (χ2n) is 5.29. The molecule has 1 aliphatic carbocycles. The standard InChI is InChI=1S/C12H18ClF3O2/c13-7-11(3-5-17-8-12(14,15)16)4-6-18-10(11)9-1-2-9/h9-10H,1-8H2. The van der Waals surface area contributed by atoms with Gasteiger partial charge in [0.15, 0.2) is 0 Å². The molecule has 0 bridgehead atoms. The van der Waals surface area contributed by atoms with Crippen molar-refractivity contribution in [3.63, 3.8) is 0 Å². The summed E-state index contributed by atoms with van der Waals surface area (Å²) in [5, 5.41) is 0. The first-order chi connectivity index (χ1) is 8.47. The molecule has 0 aromatic carbocycles. The molecule has 0 radical (unpaired) electrons. The molecule has 1 heterocycles. The molecule has 2 rings (SSSR count). The lowest BCUT2D eigenvalue weighted by molar-refractivity contribution is -0.175. The van der Waals surface area contributed by atoms with E-state index in [0.29, 0.717) is 24.8 Å². The summed E-state index contributed by atoms with van der Waals surface area (Å²) in [7, 11) is 0. The number of halogens is 4. The first-order valence-electron chi connectivity index (χ1n) is 6.29. The normalized spacial score (nSPS) is 33.0. The Labute approximate surface area is 110 Å². The average molecular weight is 287 g/mol. The van der Waals surface area contributed by atoms with Crippen LogP contribution in [0, 0.1) is 11.3 Å². The molecule has 1 aliphatic heterocycles. The fourth-order valence-electron chi connectivity index (χ4n) is 2.68. The molecule has 0 aromatic rings. The van der Waals surface area contributed by atoms with Crippen LogP contribution in [-0.4, -0.2) is 38.0 Å². The lowest BCUT2D eigenvalue weighted by atomic mass is 9.78. The monoisotopic (exact) mass is 286 g/mol. The van der Waals surface area contributed by atoms with Crippen LogP contribution >= 0.6 is 11.6 Å². The van der Waals surface area contributed by atoms with E-state index in [4.69, 9.17) is 21.1 Å². The van der Waals surface area contributed by atoms with Gasteiger partial charge in [0.1, 0.15) is 6.61 Å². The lowest BCUT2D eigenvalue weighted by Crippen LogP contribution is -2.36.